The van der Waals surface area contributed by atoms with E-state index in [9.17, 15) is 14.0 Å². The summed E-state index contributed by atoms with van der Waals surface area (Å²) in [7, 11) is 0. The van der Waals surface area contributed by atoms with E-state index in [-0.39, 0.29) is 29.2 Å². The number of hydrogen-bond donors (Lipinski definition) is 1. The Kier molecular flexibility index (Phi) is 6.69. The summed E-state index contributed by atoms with van der Waals surface area (Å²) in [5, 5.41) is 2.34. The molecule has 5 nitrogen and oxygen atoms in total. The molecule has 0 bridgehead atoms. The van der Waals surface area contributed by atoms with Crippen LogP contribution in [0.1, 0.15) is 44.0 Å². The molecule has 1 N–H and O–H groups in total. The number of carbonyl (C=O) groups excluding carboxylic acids is 2. The first-order chi connectivity index (χ1) is 10.6. The van der Waals surface area contributed by atoms with Crippen molar-refractivity contribution in [1.82, 2.24) is 10.3 Å². The minimum Gasteiger partial charge on any atom is -0.442 e. The van der Waals surface area contributed by atoms with Gasteiger partial charge in [0.15, 0.2) is 5.78 Å². The van der Waals surface area contributed by atoms with E-state index in [0.717, 1.165) is 0 Å². The number of carbonyl (C=O) groups is 2. The Hall–Kier alpha value is -1.95. The number of halogens is 2. The third kappa shape index (κ3) is 6.36. The van der Waals surface area contributed by atoms with Gasteiger partial charge in [0.2, 0.25) is 5.95 Å². The average Bonchev–Trinajstić information content (AvgIpc) is 2.44. The second kappa shape index (κ2) is 8.06. The zero-order chi connectivity index (χ0) is 17.6. The lowest BCUT2D eigenvalue weighted by molar-refractivity contribution is 0.0900. The lowest BCUT2D eigenvalue weighted by atomic mass is 10.1. The summed E-state index contributed by atoms with van der Waals surface area (Å²) in [6, 6.07) is 1.35. The first-order valence-electron chi connectivity index (χ1n) is 7.08. The van der Waals surface area contributed by atoms with Gasteiger partial charge in [-0.3, -0.25) is 4.79 Å². The lowest BCUT2D eigenvalue weighted by Crippen LogP contribution is -2.42. The highest BCUT2D eigenvalue weighted by Gasteiger charge is 2.20. The number of alkyl carbamates (subject to hydrolysis) is 1. The smallest absolute Gasteiger partial charge is 0.408 e. The summed E-state index contributed by atoms with van der Waals surface area (Å²) in [5.41, 5.74) is -0.373. The molecule has 7 heteroatoms. The molecule has 1 heterocycles. The van der Waals surface area contributed by atoms with Crippen LogP contribution in [-0.4, -0.2) is 28.5 Å². The summed E-state index contributed by atoms with van der Waals surface area (Å²) < 4.78 is 18.4. The van der Waals surface area contributed by atoms with Crippen molar-refractivity contribution in [2.24, 2.45) is 0 Å². The molecule has 0 fully saturated rings. The standard InChI is InChI=1S/C16H20ClFN2O3/c1-5-10(23-15(22)20-16(2,3)4)6-7-12(21)11-8-9-19-14(18)13(11)17/h5,8-10H,1,6-7H2,2-4H3,(H,20,22). The molecular weight excluding hydrogens is 323 g/mol. The van der Waals surface area contributed by atoms with E-state index in [1.54, 1.807) is 0 Å². The Balaban J connectivity index is 2.60. The lowest BCUT2D eigenvalue weighted by Gasteiger charge is -2.22. The van der Waals surface area contributed by atoms with E-state index < -0.39 is 23.7 Å². The summed E-state index contributed by atoms with van der Waals surface area (Å²) in [4.78, 5) is 27.1. The maximum absolute atomic E-state index is 13.2. The van der Waals surface area contributed by atoms with Crippen LogP contribution in [0.4, 0.5) is 9.18 Å². The van der Waals surface area contributed by atoms with Crippen molar-refractivity contribution in [1.29, 1.82) is 0 Å². The molecule has 0 saturated carbocycles. The molecule has 1 unspecified atom stereocenters. The van der Waals surface area contributed by atoms with Gasteiger partial charge in [-0.25, -0.2) is 9.78 Å². The molecule has 0 aliphatic heterocycles. The summed E-state index contributed by atoms with van der Waals surface area (Å²) in [5.74, 6) is -1.25. The van der Waals surface area contributed by atoms with E-state index in [1.807, 2.05) is 20.8 Å². The largest absolute Gasteiger partial charge is 0.442 e. The van der Waals surface area contributed by atoms with Crippen LogP contribution in [0.15, 0.2) is 24.9 Å². The van der Waals surface area contributed by atoms with Gasteiger partial charge in [-0.1, -0.05) is 24.3 Å². The van der Waals surface area contributed by atoms with Crippen molar-refractivity contribution in [2.45, 2.75) is 45.3 Å². The van der Waals surface area contributed by atoms with Gasteiger partial charge in [0, 0.05) is 23.7 Å². The molecule has 126 valence electrons. The summed E-state index contributed by atoms with van der Waals surface area (Å²) in [6.07, 6.45) is 1.63. The third-order valence-electron chi connectivity index (χ3n) is 2.80. The summed E-state index contributed by atoms with van der Waals surface area (Å²) >= 11 is 5.72. The average molecular weight is 343 g/mol. The normalized spacial score (nSPS) is 12.4. The van der Waals surface area contributed by atoms with Gasteiger partial charge in [-0.2, -0.15) is 4.39 Å². The highest BCUT2D eigenvalue weighted by molar-refractivity contribution is 6.33. The van der Waals surface area contributed by atoms with Crippen LogP contribution in [0.3, 0.4) is 0 Å². The number of nitrogens with one attached hydrogen (secondary N) is 1. The molecule has 0 saturated heterocycles. The Morgan fingerprint density at radius 1 is 1.52 bits per heavy atom. The van der Waals surface area contributed by atoms with Crippen LogP contribution >= 0.6 is 11.6 Å². The highest BCUT2D eigenvalue weighted by Crippen LogP contribution is 2.20. The fraction of sp³-hybridized carbons (Fsp3) is 0.438. The minimum absolute atomic E-state index is 0.0304. The van der Waals surface area contributed by atoms with Crippen molar-refractivity contribution in [3.05, 3.63) is 41.5 Å². The van der Waals surface area contributed by atoms with E-state index in [2.05, 4.69) is 16.9 Å². The van der Waals surface area contributed by atoms with E-state index in [1.165, 1.54) is 18.3 Å². The molecule has 1 atom stereocenters. The van der Waals surface area contributed by atoms with Gasteiger partial charge in [-0.15, -0.1) is 0 Å². The number of nitrogens with zero attached hydrogens (tertiary/aromatic N) is 1. The van der Waals surface area contributed by atoms with Crippen LogP contribution < -0.4 is 5.32 Å². The first-order valence-corrected chi connectivity index (χ1v) is 7.46. The number of amides is 1. The molecule has 0 aromatic carbocycles. The molecular formula is C16H20ClFN2O3. The molecule has 1 amide bonds. The zero-order valence-corrected chi connectivity index (χ0v) is 14.1. The van der Waals surface area contributed by atoms with Crippen molar-refractivity contribution in [2.75, 3.05) is 0 Å². The fourth-order valence-electron chi connectivity index (χ4n) is 1.74. The predicted octanol–water partition coefficient (Wildman–Crippen LogP) is 3.92. The molecule has 0 aliphatic carbocycles. The van der Waals surface area contributed by atoms with Crippen molar-refractivity contribution in [3.63, 3.8) is 0 Å². The predicted molar refractivity (Wildman–Crippen MR) is 86.1 cm³/mol. The first kappa shape index (κ1) is 19.1. The summed E-state index contributed by atoms with van der Waals surface area (Å²) in [6.45, 7) is 9.04. The van der Waals surface area contributed by atoms with Crippen LogP contribution in [0, 0.1) is 5.95 Å². The van der Waals surface area contributed by atoms with Gasteiger partial charge in [0.25, 0.3) is 0 Å². The molecule has 0 spiro atoms. The number of ketones is 1. The second-order valence-electron chi connectivity index (χ2n) is 5.98. The molecule has 1 aromatic heterocycles. The van der Waals surface area contributed by atoms with E-state index in [0.29, 0.717) is 0 Å². The maximum atomic E-state index is 13.2. The fourth-order valence-corrected chi connectivity index (χ4v) is 1.96. The van der Waals surface area contributed by atoms with Crippen molar-refractivity contribution >= 4 is 23.5 Å². The zero-order valence-electron chi connectivity index (χ0n) is 13.4. The third-order valence-corrected chi connectivity index (χ3v) is 3.16. The van der Waals surface area contributed by atoms with Gasteiger partial charge >= 0.3 is 6.09 Å². The van der Waals surface area contributed by atoms with E-state index in [4.69, 9.17) is 16.3 Å². The van der Waals surface area contributed by atoms with E-state index >= 15 is 0 Å². The maximum Gasteiger partial charge on any atom is 0.408 e. The molecule has 23 heavy (non-hydrogen) atoms. The van der Waals surface area contributed by atoms with Crippen LogP contribution in [-0.2, 0) is 4.74 Å². The quantitative estimate of drug-likeness (QED) is 0.483. The topological polar surface area (TPSA) is 68.3 Å². The van der Waals surface area contributed by atoms with Crippen molar-refractivity contribution < 1.29 is 18.7 Å². The molecule has 0 radical (unpaired) electrons. The molecule has 0 aliphatic rings. The Morgan fingerprint density at radius 3 is 2.74 bits per heavy atom. The number of pyridine rings is 1. The van der Waals surface area contributed by atoms with Gasteiger partial charge in [-0.05, 0) is 33.3 Å². The monoisotopic (exact) mass is 342 g/mol. The van der Waals surface area contributed by atoms with Crippen molar-refractivity contribution in [3.8, 4) is 0 Å². The Bertz CT molecular complexity index is 599. The Morgan fingerprint density at radius 2 is 2.17 bits per heavy atom. The second-order valence-corrected chi connectivity index (χ2v) is 6.36. The van der Waals surface area contributed by atoms with Crippen LogP contribution in [0.25, 0.3) is 0 Å². The van der Waals surface area contributed by atoms with Crippen LogP contribution in [0.2, 0.25) is 5.02 Å². The number of hydrogen-bond acceptors (Lipinski definition) is 4. The SMILES string of the molecule is C=CC(CCC(=O)c1ccnc(F)c1Cl)OC(=O)NC(C)(C)C. The minimum atomic E-state index is -0.890. The number of ether oxygens (including phenoxy) is 1. The number of rotatable bonds is 6. The molecule has 1 aromatic rings. The molecule has 1 rings (SSSR count). The number of aromatic nitrogens is 1. The van der Waals surface area contributed by atoms with Gasteiger partial charge in [0.1, 0.15) is 11.1 Å². The van der Waals surface area contributed by atoms with Gasteiger partial charge in [0.05, 0.1) is 0 Å². The van der Waals surface area contributed by atoms with Gasteiger partial charge < -0.3 is 10.1 Å². The number of Topliss-reactive ketones (excluding diaryl/α,β-unsaturated/α-hetero) is 1. The Labute approximate surface area is 139 Å². The van der Waals surface area contributed by atoms with Crippen LogP contribution in [0.5, 0.6) is 0 Å². The highest BCUT2D eigenvalue weighted by atomic mass is 35.5.